The molecule has 1 heterocycles. The summed E-state index contributed by atoms with van der Waals surface area (Å²) >= 11 is 5.06. The minimum absolute atomic E-state index is 0.159. The number of allylic oxidation sites excluding steroid dienone is 1. The van der Waals surface area contributed by atoms with Crippen LogP contribution in [0.5, 0.6) is 0 Å². The molecule has 134 valence electrons. The maximum atomic E-state index is 12.6. The maximum absolute atomic E-state index is 12.6. The largest absolute Gasteiger partial charge is 0.477 e. The van der Waals surface area contributed by atoms with E-state index in [-0.39, 0.29) is 16.6 Å². The molecule has 24 heavy (non-hydrogen) atoms. The molecule has 1 rings (SSSR count). The highest BCUT2D eigenvalue weighted by atomic mass is 32.1. The summed E-state index contributed by atoms with van der Waals surface area (Å²) in [5, 5.41) is -0.159. The Hall–Kier alpha value is -1.76. The summed E-state index contributed by atoms with van der Waals surface area (Å²) in [4.78, 5) is 29.2. The summed E-state index contributed by atoms with van der Waals surface area (Å²) < 4.78 is 10.4. The van der Waals surface area contributed by atoms with E-state index in [4.69, 9.17) is 17.0 Å². The first kappa shape index (κ1) is 20.3. The molecule has 6 nitrogen and oxygen atoms in total. The highest BCUT2D eigenvalue weighted by Crippen LogP contribution is 2.21. The lowest BCUT2D eigenvalue weighted by Gasteiger charge is -2.26. The molecule has 1 atom stereocenters. The molecule has 0 radical (unpaired) electrons. The van der Waals surface area contributed by atoms with E-state index in [9.17, 15) is 9.59 Å². The Morgan fingerprint density at radius 3 is 2.50 bits per heavy atom. The number of thiocarbonyl (C=S) groups is 1. The van der Waals surface area contributed by atoms with Crippen molar-refractivity contribution < 1.29 is 19.1 Å². The lowest BCUT2D eigenvalue weighted by Crippen LogP contribution is -2.46. The number of nitrogens with zero attached hydrogens (tertiary/aromatic N) is 2. The zero-order valence-corrected chi connectivity index (χ0v) is 15.9. The second-order valence-electron chi connectivity index (χ2n) is 5.91. The van der Waals surface area contributed by atoms with Crippen LogP contribution in [0.4, 0.5) is 4.79 Å². The van der Waals surface area contributed by atoms with Crippen molar-refractivity contribution in [2.24, 2.45) is 10.9 Å². The highest BCUT2D eigenvalue weighted by molar-refractivity contribution is 7.80. The predicted molar refractivity (Wildman–Crippen MR) is 96.9 cm³/mol. The smallest absolute Gasteiger partial charge is 0.423 e. The van der Waals surface area contributed by atoms with Crippen molar-refractivity contribution in [3.63, 3.8) is 0 Å². The van der Waals surface area contributed by atoms with Crippen LogP contribution in [-0.2, 0) is 14.3 Å². The van der Waals surface area contributed by atoms with Crippen LogP contribution in [0.3, 0.4) is 0 Å². The molecule has 0 aromatic heterocycles. The van der Waals surface area contributed by atoms with Gasteiger partial charge in [-0.3, -0.25) is 4.79 Å². The standard InChI is InChI=1S/C17H26N2O4S/c1-6-8-9-12(7-2)10-23-14-13(11(3)4)15(20)19(16(24)18-14)17(21)22-5/h12H,6-10H2,1-5H3. The van der Waals surface area contributed by atoms with E-state index in [0.717, 1.165) is 30.6 Å². The number of aliphatic imine (C=N–C) groups is 1. The second-order valence-corrected chi connectivity index (χ2v) is 6.28. The van der Waals surface area contributed by atoms with Gasteiger partial charge < -0.3 is 9.47 Å². The number of unbranched alkanes of at least 4 members (excludes halogenated alkanes) is 1. The van der Waals surface area contributed by atoms with Gasteiger partial charge in [-0.2, -0.15) is 9.89 Å². The minimum Gasteiger partial charge on any atom is -0.477 e. The number of carbonyl (C=O) groups is 2. The van der Waals surface area contributed by atoms with Crippen molar-refractivity contribution in [3.05, 3.63) is 11.1 Å². The third kappa shape index (κ3) is 4.87. The van der Waals surface area contributed by atoms with Gasteiger partial charge in [0.25, 0.3) is 5.91 Å². The van der Waals surface area contributed by atoms with E-state index in [1.165, 1.54) is 7.11 Å². The fourth-order valence-corrected chi connectivity index (χ4v) is 2.60. The fraction of sp³-hybridized carbons (Fsp3) is 0.647. The predicted octanol–water partition coefficient (Wildman–Crippen LogP) is 3.85. The van der Waals surface area contributed by atoms with Crippen LogP contribution in [-0.4, -0.2) is 41.6 Å². The normalized spacial score (nSPS) is 16.0. The van der Waals surface area contributed by atoms with E-state index >= 15 is 0 Å². The summed E-state index contributed by atoms with van der Waals surface area (Å²) in [7, 11) is 1.19. The molecule has 0 saturated carbocycles. The molecule has 1 aliphatic heterocycles. The summed E-state index contributed by atoms with van der Waals surface area (Å²) in [5.41, 5.74) is 0.969. The van der Waals surface area contributed by atoms with E-state index in [1.807, 2.05) is 0 Å². The Morgan fingerprint density at radius 1 is 1.33 bits per heavy atom. The highest BCUT2D eigenvalue weighted by Gasteiger charge is 2.37. The van der Waals surface area contributed by atoms with Gasteiger partial charge in [-0.05, 0) is 38.4 Å². The molecule has 0 fully saturated rings. The van der Waals surface area contributed by atoms with Crippen LogP contribution >= 0.6 is 12.2 Å². The van der Waals surface area contributed by atoms with Crippen LogP contribution in [0.1, 0.15) is 53.4 Å². The fourth-order valence-electron chi connectivity index (χ4n) is 2.36. The maximum Gasteiger partial charge on any atom is 0.423 e. The van der Waals surface area contributed by atoms with Gasteiger partial charge in [0.05, 0.1) is 13.7 Å². The molecular formula is C17H26N2O4S. The van der Waals surface area contributed by atoms with E-state index in [1.54, 1.807) is 13.8 Å². The van der Waals surface area contributed by atoms with Gasteiger partial charge in [0.15, 0.2) is 0 Å². The van der Waals surface area contributed by atoms with Crippen molar-refractivity contribution in [3.8, 4) is 0 Å². The van der Waals surface area contributed by atoms with Crippen LogP contribution in [0, 0.1) is 5.92 Å². The number of hydrogen-bond acceptors (Lipinski definition) is 5. The first-order chi connectivity index (χ1) is 11.4. The minimum atomic E-state index is -0.846. The molecule has 0 spiro atoms. The van der Waals surface area contributed by atoms with E-state index in [0.29, 0.717) is 18.1 Å². The first-order valence-corrected chi connectivity index (χ1v) is 8.63. The van der Waals surface area contributed by atoms with Crippen molar-refractivity contribution in [2.45, 2.75) is 53.4 Å². The number of amides is 2. The average molecular weight is 354 g/mol. The lowest BCUT2D eigenvalue weighted by atomic mass is 10.0. The van der Waals surface area contributed by atoms with Crippen LogP contribution in [0.25, 0.3) is 0 Å². The molecule has 1 aliphatic rings. The zero-order valence-electron chi connectivity index (χ0n) is 15.0. The molecule has 0 aromatic rings. The van der Waals surface area contributed by atoms with Crippen molar-refractivity contribution in [1.82, 2.24) is 4.90 Å². The second kappa shape index (κ2) is 9.52. The Morgan fingerprint density at radius 2 is 2.00 bits per heavy atom. The van der Waals surface area contributed by atoms with Gasteiger partial charge in [-0.15, -0.1) is 0 Å². The van der Waals surface area contributed by atoms with Gasteiger partial charge in [0, 0.05) is 0 Å². The SMILES string of the molecule is CCCCC(CC)COC1=NC(=S)N(C(=O)OC)C(=O)C1=C(C)C. The molecule has 0 N–H and O–H groups in total. The van der Waals surface area contributed by atoms with Gasteiger partial charge >= 0.3 is 6.09 Å². The van der Waals surface area contributed by atoms with Gasteiger partial charge in [0.2, 0.25) is 11.0 Å². The summed E-state index contributed by atoms with van der Waals surface area (Å²) in [5.74, 6) is 0.0342. The number of methoxy groups -OCH3 is 1. The number of rotatable bonds is 6. The monoisotopic (exact) mass is 354 g/mol. The Bertz CT molecular complexity index is 565. The molecular weight excluding hydrogens is 328 g/mol. The van der Waals surface area contributed by atoms with Gasteiger partial charge in [-0.1, -0.05) is 38.7 Å². The molecule has 1 unspecified atom stereocenters. The van der Waals surface area contributed by atoms with E-state index in [2.05, 4.69) is 23.6 Å². The molecule has 0 saturated heterocycles. The molecule has 0 aliphatic carbocycles. The summed E-state index contributed by atoms with van der Waals surface area (Å²) in [6, 6.07) is 0. The van der Waals surface area contributed by atoms with Crippen LogP contribution in [0.2, 0.25) is 0 Å². The number of carbonyl (C=O) groups excluding carboxylic acids is 2. The topological polar surface area (TPSA) is 68.2 Å². The number of hydrogen-bond donors (Lipinski definition) is 0. The lowest BCUT2D eigenvalue weighted by molar-refractivity contribution is -0.122. The Kier molecular flexibility index (Phi) is 8.04. The van der Waals surface area contributed by atoms with Crippen molar-refractivity contribution >= 4 is 35.2 Å². The number of imide groups is 1. The average Bonchev–Trinajstić information content (AvgIpc) is 2.53. The van der Waals surface area contributed by atoms with Crippen LogP contribution < -0.4 is 0 Å². The summed E-state index contributed by atoms with van der Waals surface area (Å²) in [6.07, 6.45) is 3.48. The van der Waals surface area contributed by atoms with Crippen molar-refractivity contribution in [1.29, 1.82) is 0 Å². The first-order valence-electron chi connectivity index (χ1n) is 8.22. The van der Waals surface area contributed by atoms with Gasteiger partial charge in [0.1, 0.15) is 5.57 Å². The molecule has 0 bridgehead atoms. The molecule has 7 heteroatoms. The number of ether oxygens (including phenoxy) is 2. The Labute approximate surface area is 148 Å². The molecule has 2 amide bonds. The third-order valence-electron chi connectivity index (χ3n) is 3.88. The van der Waals surface area contributed by atoms with Crippen LogP contribution in [0.15, 0.2) is 16.1 Å². The quantitative estimate of drug-likeness (QED) is 0.535. The zero-order chi connectivity index (χ0) is 18.3. The third-order valence-corrected chi connectivity index (χ3v) is 4.15. The summed E-state index contributed by atoms with van der Waals surface area (Å²) in [6.45, 7) is 8.27. The molecule has 0 aromatic carbocycles. The van der Waals surface area contributed by atoms with E-state index < -0.39 is 12.0 Å². The Balaban J connectivity index is 3.00. The van der Waals surface area contributed by atoms with Crippen molar-refractivity contribution in [2.75, 3.05) is 13.7 Å². The van der Waals surface area contributed by atoms with Gasteiger partial charge in [-0.25, -0.2) is 4.79 Å².